The van der Waals surface area contributed by atoms with Crippen LogP contribution in [-0.2, 0) is 12.8 Å². The smallest absolute Gasteiger partial charge is 0.295 e. The molecule has 1 amide bonds. The van der Waals surface area contributed by atoms with Gasteiger partial charge in [-0.1, -0.05) is 42.1 Å². The molecule has 4 aromatic rings. The molecule has 4 rings (SSSR count). The third kappa shape index (κ3) is 4.50. The molecule has 31 heavy (non-hydrogen) atoms. The van der Waals surface area contributed by atoms with E-state index >= 15 is 0 Å². The monoisotopic (exact) mass is 450 g/mol. The summed E-state index contributed by atoms with van der Waals surface area (Å²) in [5.41, 5.74) is 4.11. The van der Waals surface area contributed by atoms with Gasteiger partial charge >= 0.3 is 0 Å². The summed E-state index contributed by atoms with van der Waals surface area (Å²) < 4.78 is 4.33. The molecule has 0 aliphatic carbocycles. The first-order valence-corrected chi connectivity index (χ1v) is 11.6. The molecule has 0 aliphatic rings. The Morgan fingerprint density at radius 2 is 1.81 bits per heavy atom. The van der Waals surface area contributed by atoms with Crippen LogP contribution in [0.5, 0.6) is 0 Å². The van der Waals surface area contributed by atoms with E-state index in [1.165, 1.54) is 0 Å². The van der Waals surface area contributed by atoms with Crippen molar-refractivity contribution in [3.8, 4) is 5.69 Å². The second-order valence-corrected chi connectivity index (χ2v) is 9.21. The van der Waals surface area contributed by atoms with Crippen LogP contribution in [0.15, 0.2) is 69.1 Å². The number of aromatic nitrogens is 3. The largest absolute Gasteiger partial charge is 0.316 e. The number of nitrogens with zero attached hydrogens (tertiary/aromatic N) is 3. The van der Waals surface area contributed by atoms with Gasteiger partial charge in [-0.15, -0.1) is 11.3 Å². The summed E-state index contributed by atoms with van der Waals surface area (Å²) in [5, 5.41) is 4.83. The number of anilines is 1. The molecule has 158 valence electrons. The highest BCUT2D eigenvalue weighted by Gasteiger charge is 2.18. The van der Waals surface area contributed by atoms with E-state index in [9.17, 15) is 9.59 Å². The Kier molecular flexibility index (Phi) is 6.11. The van der Waals surface area contributed by atoms with Crippen LogP contribution in [0.3, 0.4) is 0 Å². The van der Waals surface area contributed by atoms with Crippen LogP contribution in [0.4, 0.5) is 5.69 Å². The Hall–Kier alpha value is -3.10. The molecule has 8 heteroatoms. The van der Waals surface area contributed by atoms with Crippen molar-refractivity contribution in [3.63, 3.8) is 0 Å². The van der Waals surface area contributed by atoms with Crippen LogP contribution in [0.1, 0.15) is 27.3 Å². The summed E-state index contributed by atoms with van der Waals surface area (Å²) in [6, 6.07) is 16.8. The molecule has 2 heterocycles. The zero-order valence-electron chi connectivity index (χ0n) is 17.5. The lowest BCUT2D eigenvalue weighted by molar-refractivity contribution is 0.102. The number of benzene rings is 2. The van der Waals surface area contributed by atoms with E-state index in [0.29, 0.717) is 11.3 Å². The van der Waals surface area contributed by atoms with Gasteiger partial charge in [0.1, 0.15) is 10.0 Å². The predicted octanol–water partition coefficient (Wildman–Crippen LogP) is 4.79. The maximum Gasteiger partial charge on any atom is 0.295 e. The van der Waals surface area contributed by atoms with Gasteiger partial charge in [-0.3, -0.25) is 14.3 Å². The Balaban J connectivity index is 1.49. The standard InChI is InChI=1S/C23H22N4O2S2/c1-15-13-30-23(24-15)31-14-17-9-11-18(12-10-17)21(28)25-20-16(2)26(3)27(22(20)29)19-7-5-4-6-8-19/h4-13H,14H2,1-3H3,(H,25,28). The number of hydrogen-bond acceptors (Lipinski definition) is 5. The molecule has 0 bridgehead atoms. The van der Waals surface area contributed by atoms with Gasteiger partial charge in [-0.05, 0) is 43.7 Å². The number of thiazole rings is 1. The SMILES string of the molecule is Cc1csc(SCc2ccc(C(=O)Nc3c(C)n(C)n(-c4ccccc4)c3=O)cc2)n1. The second-order valence-electron chi connectivity index (χ2n) is 7.13. The molecular formula is C23H22N4O2S2. The van der Waals surface area contributed by atoms with Gasteiger partial charge in [0.25, 0.3) is 11.5 Å². The van der Waals surface area contributed by atoms with E-state index in [4.69, 9.17) is 0 Å². The number of amides is 1. The predicted molar refractivity (Wildman–Crippen MR) is 127 cm³/mol. The summed E-state index contributed by atoms with van der Waals surface area (Å²) >= 11 is 3.31. The topological polar surface area (TPSA) is 68.9 Å². The summed E-state index contributed by atoms with van der Waals surface area (Å²) in [6.45, 7) is 3.80. The van der Waals surface area contributed by atoms with Crippen LogP contribution >= 0.6 is 23.1 Å². The van der Waals surface area contributed by atoms with Crippen molar-refractivity contribution in [1.82, 2.24) is 14.3 Å². The minimum atomic E-state index is -0.305. The average Bonchev–Trinajstić information content (AvgIpc) is 3.29. The van der Waals surface area contributed by atoms with E-state index in [0.717, 1.165) is 27.0 Å². The lowest BCUT2D eigenvalue weighted by atomic mass is 10.1. The fourth-order valence-corrected chi connectivity index (χ4v) is 5.00. The van der Waals surface area contributed by atoms with Gasteiger partial charge in [0.15, 0.2) is 0 Å². The van der Waals surface area contributed by atoms with E-state index in [1.54, 1.807) is 51.6 Å². The number of hydrogen-bond donors (Lipinski definition) is 1. The highest BCUT2D eigenvalue weighted by molar-refractivity contribution is 8.00. The molecule has 0 saturated carbocycles. The van der Waals surface area contributed by atoms with Crippen LogP contribution < -0.4 is 10.9 Å². The van der Waals surface area contributed by atoms with Crippen molar-refractivity contribution in [1.29, 1.82) is 0 Å². The highest BCUT2D eigenvalue weighted by Crippen LogP contribution is 2.26. The second kappa shape index (κ2) is 8.95. The summed E-state index contributed by atoms with van der Waals surface area (Å²) in [5.74, 6) is 0.481. The van der Waals surface area contributed by atoms with Crippen LogP contribution in [0.2, 0.25) is 0 Å². The summed E-state index contributed by atoms with van der Waals surface area (Å²) in [6.07, 6.45) is 0. The number of thioether (sulfide) groups is 1. The number of carbonyl (C=O) groups is 1. The maximum absolute atomic E-state index is 13.0. The first-order chi connectivity index (χ1) is 14.9. The van der Waals surface area contributed by atoms with Gasteiger partial charge in [0.05, 0.1) is 11.4 Å². The van der Waals surface area contributed by atoms with Crippen molar-refractivity contribution >= 4 is 34.7 Å². The number of rotatable bonds is 6. The molecule has 0 radical (unpaired) electrons. The van der Waals surface area contributed by atoms with Gasteiger partial charge < -0.3 is 5.32 Å². The Morgan fingerprint density at radius 3 is 2.45 bits per heavy atom. The van der Waals surface area contributed by atoms with Crippen molar-refractivity contribution in [2.75, 3.05) is 5.32 Å². The zero-order valence-corrected chi connectivity index (χ0v) is 19.1. The molecule has 0 fully saturated rings. The fourth-order valence-electron chi connectivity index (χ4n) is 3.19. The molecule has 2 aromatic heterocycles. The molecule has 1 N–H and O–H groups in total. The maximum atomic E-state index is 13.0. The van der Waals surface area contributed by atoms with Gasteiger partial charge in [-0.2, -0.15) is 0 Å². The molecular weight excluding hydrogens is 428 g/mol. The summed E-state index contributed by atoms with van der Waals surface area (Å²) in [4.78, 5) is 30.2. The van der Waals surface area contributed by atoms with Crippen LogP contribution in [0, 0.1) is 13.8 Å². The van der Waals surface area contributed by atoms with Crippen molar-refractivity contribution in [3.05, 3.63) is 92.8 Å². The minimum Gasteiger partial charge on any atom is -0.316 e. The molecule has 0 spiro atoms. The highest BCUT2D eigenvalue weighted by atomic mass is 32.2. The number of aryl methyl sites for hydroxylation is 1. The normalized spacial score (nSPS) is 10.9. The first-order valence-electron chi connectivity index (χ1n) is 9.73. The average molecular weight is 451 g/mol. The molecule has 0 unspecified atom stereocenters. The van der Waals surface area contributed by atoms with E-state index in [1.807, 2.05) is 61.7 Å². The van der Waals surface area contributed by atoms with Gasteiger partial charge in [-0.25, -0.2) is 9.67 Å². The lowest BCUT2D eigenvalue weighted by Crippen LogP contribution is -2.22. The van der Waals surface area contributed by atoms with Gasteiger partial charge in [0, 0.05) is 29.4 Å². The van der Waals surface area contributed by atoms with E-state index in [-0.39, 0.29) is 17.2 Å². The molecule has 6 nitrogen and oxygen atoms in total. The third-order valence-electron chi connectivity index (χ3n) is 4.97. The van der Waals surface area contributed by atoms with Crippen LogP contribution in [0.25, 0.3) is 5.69 Å². The Bertz CT molecular complexity index is 1270. The fraction of sp³-hybridized carbons (Fsp3) is 0.174. The quantitative estimate of drug-likeness (QED) is 0.429. The molecule has 0 aliphatic heterocycles. The van der Waals surface area contributed by atoms with Crippen molar-refractivity contribution < 1.29 is 4.79 Å². The van der Waals surface area contributed by atoms with Gasteiger partial charge in [0.2, 0.25) is 0 Å². The summed E-state index contributed by atoms with van der Waals surface area (Å²) in [7, 11) is 1.80. The molecule has 2 aromatic carbocycles. The third-order valence-corrected chi connectivity index (χ3v) is 7.18. The van der Waals surface area contributed by atoms with E-state index in [2.05, 4.69) is 10.3 Å². The minimum absolute atomic E-state index is 0.258. The number of para-hydroxylation sites is 1. The lowest BCUT2D eigenvalue weighted by Gasteiger charge is -2.07. The zero-order chi connectivity index (χ0) is 22.0. The van der Waals surface area contributed by atoms with Crippen molar-refractivity contribution in [2.45, 2.75) is 23.9 Å². The first kappa shape index (κ1) is 21.1. The Labute approximate surface area is 188 Å². The molecule has 0 saturated heterocycles. The van der Waals surface area contributed by atoms with Crippen LogP contribution in [-0.4, -0.2) is 20.3 Å². The van der Waals surface area contributed by atoms with Crippen molar-refractivity contribution in [2.24, 2.45) is 7.05 Å². The number of nitrogens with one attached hydrogen (secondary N) is 1. The van der Waals surface area contributed by atoms with E-state index < -0.39 is 0 Å². The Morgan fingerprint density at radius 1 is 1.10 bits per heavy atom. The number of carbonyl (C=O) groups excluding carboxylic acids is 1. The molecule has 0 atom stereocenters.